The minimum absolute atomic E-state index is 0.0787. The third kappa shape index (κ3) is 3.88. The minimum Gasteiger partial charge on any atom is -0.488 e. The molecule has 1 atom stereocenters. The smallest absolute Gasteiger partial charge is 0.132 e. The second kappa shape index (κ2) is 6.81. The first-order chi connectivity index (χ1) is 12.9. The fraction of sp³-hybridized carbons (Fsp3) is 0.450. The summed E-state index contributed by atoms with van der Waals surface area (Å²) in [6.45, 7) is 6.35. The summed E-state index contributed by atoms with van der Waals surface area (Å²) in [6, 6.07) is 7.32. The SMILES string of the molecule is C[C@@H]1CN(c2cc(C(=N)c3cc(OC4(C)CC4)ccc3N)ncn2)CCO1. The second-order valence-corrected chi connectivity index (χ2v) is 7.56. The van der Waals surface area contributed by atoms with Crippen LogP contribution in [-0.4, -0.2) is 47.1 Å². The Morgan fingerprint density at radius 3 is 2.89 bits per heavy atom. The van der Waals surface area contributed by atoms with Crippen LogP contribution in [0.1, 0.15) is 37.9 Å². The second-order valence-electron chi connectivity index (χ2n) is 7.56. The van der Waals surface area contributed by atoms with Crippen molar-refractivity contribution in [2.24, 2.45) is 0 Å². The largest absolute Gasteiger partial charge is 0.488 e. The Labute approximate surface area is 159 Å². The summed E-state index contributed by atoms with van der Waals surface area (Å²) >= 11 is 0. The average molecular weight is 367 g/mol. The number of nitrogen functional groups attached to an aromatic ring is 1. The molecule has 142 valence electrons. The molecule has 1 aliphatic carbocycles. The Hall–Kier alpha value is -2.67. The molecule has 0 amide bonds. The Morgan fingerprint density at radius 1 is 1.33 bits per heavy atom. The Bertz CT molecular complexity index is 865. The van der Waals surface area contributed by atoms with Gasteiger partial charge in [0, 0.05) is 30.4 Å². The first kappa shape index (κ1) is 17.7. The van der Waals surface area contributed by atoms with Crippen LogP contribution in [0.5, 0.6) is 5.75 Å². The molecular weight excluding hydrogens is 342 g/mol. The van der Waals surface area contributed by atoms with Gasteiger partial charge in [-0.05, 0) is 44.9 Å². The number of hydrogen-bond acceptors (Lipinski definition) is 7. The first-order valence-electron chi connectivity index (χ1n) is 9.30. The molecule has 4 rings (SSSR count). The van der Waals surface area contributed by atoms with E-state index in [1.54, 1.807) is 6.07 Å². The molecule has 0 spiro atoms. The lowest BCUT2D eigenvalue weighted by Gasteiger charge is -2.32. The van der Waals surface area contributed by atoms with E-state index in [1.165, 1.54) is 6.33 Å². The van der Waals surface area contributed by atoms with Crippen LogP contribution in [0.4, 0.5) is 11.5 Å². The van der Waals surface area contributed by atoms with Crippen LogP contribution < -0.4 is 15.4 Å². The predicted octanol–water partition coefficient (Wildman–Crippen LogP) is 2.63. The van der Waals surface area contributed by atoms with Gasteiger partial charge in [0.1, 0.15) is 23.5 Å². The van der Waals surface area contributed by atoms with Crippen LogP contribution in [0.3, 0.4) is 0 Å². The lowest BCUT2D eigenvalue weighted by Crippen LogP contribution is -2.41. The summed E-state index contributed by atoms with van der Waals surface area (Å²) in [7, 11) is 0. The van der Waals surface area contributed by atoms with Crippen molar-refractivity contribution in [1.29, 1.82) is 5.41 Å². The van der Waals surface area contributed by atoms with E-state index in [-0.39, 0.29) is 17.4 Å². The maximum absolute atomic E-state index is 8.64. The topological polar surface area (TPSA) is 97.4 Å². The molecular formula is C20H25N5O2. The van der Waals surface area contributed by atoms with E-state index < -0.39 is 0 Å². The van der Waals surface area contributed by atoms with E-state index in [2.05, 4.69) is 21.8 Å². The number of nitrogens with zero attached hydrogens (tertiary/aromatic N) is 3. The molecule has 7 nitrogen and oxygen atoms in total. The van der Waals surface area contributed by atoms with Crippen LogP contribution in [-0.2, 0) is 4.74 Å². The van der Waals surface area contributed by atoms with E-state index in [4.69, 9.17) is 20.6 Å². The number of hydrogen-bond donors (Lipinski definition) is 2. The van der Waals surface area contributed by atoms with Crippen molar-refractivity contribution in [1.82, 2.24) is 9.97 Å². The molecule has 3 N–H and O–H groups in total. The van der Waals surface area contributed by atoms with Crippen molar-refractivity contribution in [3.63, 3.8) is 0 Å². The fourth-order valence-corrected chi connectivity index (χ4v) is 3.20. The average Bonchev–Trinajstić information content (AvgIpc) is 3.39. The maximum atomic E-state index is 8.64. The number of benzene rings is 1. The number of nitrogens with one attached hydrogen (secondary N) is 1. The molecule has 2 aromatic rings. The number of morpholine rings is 1. The van der Waals surface area contributed by atoms with Crippen molar-refractivity contribution in [3.8, 4) is 5.75 Å². The van der Waals surface area contributed by atoms with Crippen molar-refractivity contribution in [2.45, 2.75) is 38.4 Å². The van der Waals surface area contributed by atoms with Crippen LogP contribution in [0.2, 0.25) is 0 Å². The zero-order chi connectivity index (χ0) is 19.0. The molecule has 2 heterocycles. The maximum Gasteiger partial charge on any atom is 0.132 e. The van der Waals surface area contributed by atoms with Crippen molar-refractivity contribution in [3.05, 3.63) is 41.9 Å². The van der Waals surface area contributed by atoms with Crippen LogP contribution >= 0.6 is 0 Å². The van der Waals surface area contributed by atoms with Gasteiger partial charge < -0.3 is 20.1 Å². The molecule has 1 saturated carbocycles. The highest BCUT2D eigenvalue weighted by atomic mass is 16.5. The van der Waals surface area contributed by atoms with Gasteiger partial charge in [0.15, 0.2) is 0 Å². The molecule has 7 heteroatoms. The predicted molar refractivity (Wildman–Crippen MR) is 105 cm³/mol. The number of rotatable bonds is 5. The Morgan fingerprint density at radius 2 is 2.15 bits per heavy atom. The standard InChI is InChI=1S/C20H25N5O2/c1-13-11-25(7-8-26-13)18-10-17(23-12-24-18)19(22)15-9-14(3-4-16(15)21)27-20(2)5-6-20/h3-4,9-10,12-13,22H,5-8,11,21H2,1-2H3/t13-/m1/s1. The molecule has 27 heavy (non-hydrogen) atoms. The Kier molecular flexibility index (Phi) is 4.47. The molecule has 0 unspecified atom stereocenters. The molecule has 2 fully saturated rings. The van der Waals surface area contributed by atoms with Crippen LogP contribution in [0.15, 0.2) is 30.6 Å². The molecule has 2 aliphatic rings. The van der Waals surface area contributed by atoms with E-state index in [0.29, 0.717) is 23.6 Å². The zero-order valence-electron chi connectivity index (χ0n) is 15.7. The molecule has 0 bridgehead atoms. The quantitative estimate of drug-likeness (QED) is 0.623. The van der Waals surface area contributed by atoms with Crippen molar-refractivity contribution in [2.75, 3.05) is 30.3 Å². The van der Waals surface area contributed by atoms with Crippen molar-refractivity contribution < 1.29 is 9.47 Å². The summed E-state index contributed by atoms with van der Waals surface area (Å²) in [5, 5.41) is 8.64. The van der Waals surface area contributed by atoms with Gasteiger partial charge in [0.25, 0.3) is 0 Å². The zero-order valence-corrected chi connectivity index (χ0v) is 15.7. The third-order valence-corrected chi connectivity index (χ3v) is 5.09. The number of nitrogens with two attached hydrogens (primary N) is 1. The summed E-state index contributed by atoms with van der Waals surface area (Å²) in [5.74, 6) is 1.54. The molecule has 1 saturated heterocycles. The molecule has 0 radical (unpaired) electrons. The minimum atomic E-state index is -0.0787. The highest BCUT2D eigenvalue weighted by molar-refractivity contribution is 6.13. The van der Waals surface area contributed by atoms with Crippen molar-refractivity contribution >= 4 is 17.2 Å². The highest BCUT2D eigenvalue weighted by Gasteiger charge is 2.40. The van der Waals surface area contributed by atoms with Gasteiger partial charge in [-0.2, -0.15) is 0 Å². The number of aromatic nitrogens is 2. The third-order valence-electron chi connectivity index (χ3n) is 5.09. The fourth-order valence-electron chi connectivity index (χ4n) is 3.20. The van der Waals surface area contributed by atoms with E-state index in [1.807, 2.05) is 25.1 Å². The van der Waals surface area contributed by atoms with Crippen LogP contribution in [0, 0.1) is 5.41 Å². The summed E-state index contributed by atoms with van der Waals surface area (Å²) in [4.78, 5) is 10.8. The highest BCUT2D eigenvalue weighted by Crippen LogP contribution is 2.40. The molecule has 1 aromatic carbocycles. The molecule has 1 aromatic heterocycles. The van der Waals surface area contributed by atoms with Gasteiger partial charge in [-0.3, -0.25) is 5.41 Å². The summed E-state index contributed by atoms with van der Waals surface area (Å²) in [6.07, 6.45) is 3.76. The lowest BCUT2D eigenvalue weighted by atomic mass is 10.0. The van der Waals surface area contributed by atoms with Crippen LogP contribution in [0.25, 0.3) is 0 Å². The van der Waals surface area contributed by atoms with E-state index in [0.717, 1.165) is 37.5 Å². The lowest BCUT2D eigenvalue weighted by molar-refractivity contribution is 0.0529. The number of ether oxygens (including phenoxy) is 2. The first-order valence-corrected chi connectivity index (χ1v) is 9.30. The van der Waals surface area contributed by atoms with Gasteiger partial charge in [0.05, 0.1) is 24.1 Å². The monoisotopic (exact) mass is 367 g/mol. The van der Waals surface area contributed by atoms with Gasteiger partial charge in [-0.15, -0.1) is 0 Å². The summed E-state index contributed by atoms with van der Waals surface area (Å²) in [5.41, 5.74) is 8.03. The summed E-state index contributed by atoms with van der Waals surface area (Å²) < 4.78 is 11.6. The normalized spacial score (nSPS) is 21.0. The van der Waals surface area contributed by atoms with E-state index in [9.17, 15) is 0 Å². The van der Waals surface area contributed by atoms with Gasteiger partial charge in [0.2, 0.25) is 0 Å². The Balaban J connectivity index is 1.59. The van der Waals surface area contributed by atoms with Gasteiger partial charge in [-0.1, -0.05) is 0 Å². The van der Waals surface area contributed by atoms with Gasteiger partial charge in [-0.25, -0.2) is 9.97 Å². The van der Waals surface area contributed by atoms with Gasteiger partial charge >= 0.3 is 0 Å². The van der Waals surface area contributed by atoms with E-state index >= 15 is 0 Å². The number of anilines is 2. The molecule has 1 aliphatic heterocycles.